The molecule has 0 aliphatic rings. The van der Waals surface area contributed by atoms with Crippen LogP contribution < -0.4 is 0 Å². The van der Waals surface area contributed by atoms with Gasteiger partial charge in [-0.25, -0.2) is 0 Å². The van der Waals surface area contributed by atoms with Gasteiger partial charge in [0.05, 0.1) is 0 Å². The lowest BCUT2D eigenvalue weighted by atomic mass is 10.1. The van der Waals surface area contributed by atoms with E-state index < -0.39 is 0 Å². The Labute approximate surface area is 106 Å². The van der Waals surface area contributed by atoms with Gasteiger partial charge in [-0.2, -0.15) is 0 Å². The minimum absolute atomic E-state index is 0.237. The number of aromatic nitrogens is 1. The summed E-state index contributed by atoms with van der Waals surface area (Å²) < 4.78 is 1.05. The van der Waals surface area contributed by atoms with Crippen LogP contribution in [0.5, 0.6) is 0 Å². The Morgan fingerprint density at radius 3 is 2.69 bits per heavy atom. The number of Topliss-reactive ketones (excluding diaryl/α,β-unsaturated/α-hetero) is 1. The van der Waals surface area contributed by atoms with Crippen molar-refractivity contribution in [3.05, 3.63) is 50.9 Å². The van der Waals surface area contributed by atoms with Crippen LogP contribution in [0.4, 0.5) is 0 Å². The molecule has 0 saturated heterocycles. The Kier molecular flexibility index (Phi) is 3.85. The van der Waals surface area contributed by atoms with Crippen LogP contribution >= 0.6 is 27.3 Å². The SMILES string of the molecule is O=C(Cc1ccncc1)Cc1cc(Br)cs1. The van der Waals surface area contributed by atoms with Crippen molar-refractivity contribution in [1.82, 2.24) is 4.98 Å². The van der Waals surface area contributed by atoms with Gasteiger partial charge in [0.15, 0.2) is 0 Å². The zero-order chi connectivity index (χ0) is 11.4. The van der Waals surface area contributed by atoms with Crippen LogP contribution in [0.1, 0.15) is 10.4 Å². The fraction of sp³-hybridized carbons (Fsp3) is 0.167. The first kappa shape index (κ1) is 11.5. The van der Waals surface area contributed by atoms with Crippen LogP contribution in [0.3, 0.4) is 0 Å². The Hall–Kier alpha value is -1.000. The Morgan fingerprint density at radius 2 is 2.06 bits per heavy atom. The molecule has 0 aliphatic heterocycles. The van der Waals surface area contributed by atoms with Crippen LogP contribution in [0.2, 0.25) is 0 Å². The van der Waals surface area contributed by atoms with Gasteiger partial charge in [-0.15, -0.1) is 11.3 Å². The summed E-state index contributed by atoms with van der Waals surface area (Å²) >= 11 is 4.99. The van der Waals surface area contributed by atoms with Crippen LogP contribution in [0, 0.1) is 0 Å². The highest BCUT2D eigenvalue weighted by Crippen LogP contribution is 2.20. The average molecular weight is 296 g/mol. The quantitative estimate of drug-likeness (QED) is 0.867. The highest BCUT2D eigenvalue weighted by Gasteiger charge is 2.06. The molecule has 0 atom stereocenters. The summed E-state index contributed by atoms with van der Waals surface area (Å²) in [6.45, 7) is 0. The molecule has 0 unspecified atom stereocenters. The largest absolute Gasteiger partial charge is 0.299 e. The van der Waals surface area contributed by atoms with E-state index in [2.05, 4.69) is 20.9 Å². The lowest BCUT2D eigenvalue weighted by Gasteiger charge is -1.98. The number of carbonyl (C=O) groups is 1. The molecule has 4 heteroatoms. The number of pyridine rings is 1. The van der Waals surface area contributed by atoms with Crippen molar-refractivity contribution in [3.8, 4) is 0 Å². The van der Waals surface area contributed by atoms with Crippen molar-refractivity contribution < 1.29 is 4.79 Å². The van der Waals surface area contributed by atoms with E-state index in [4.69, 9.17) is 0 Å². The predicted octanol–water partition coefficient (Wildman–Crippen LogP) is 3.26. The molecule has 82 valence electrons. The van der Waals surface area contributed by atoms with Crippen molar-refractivity contribution in [3.63, 3.8) is 0 Å². The van der Waals surface area contributed by atoms with Crippen molar-refractivity contribution in [2.75, 3.05) is 0 Å². The number of nitrogens with zero attached hydrogens (tertiary/aromatic N) is 1. The van der Waals surface area contributed by atoms with E-state index >= 15 is 0 Å². The lowest BCUT2D eigenvalue weighted by molar-refractivity contribution is -0.117. The minimum atomic E-state index is 0.237. The molecule has 0 fully saturated rings. The number of thiophene rings is 1. The summed E-state index contributed by atoms with van der Waals surface area (Å²) in [5.74, 6) is 0.237. The number of ketones is 1. The molecule has 0 radical (unpaired) electrons. The Balaban J connectivity index is 1.95. The summed E-state index contributed by atoms with van der Waals surface area (Å²) in [4.78, 5) is 16.8. The van der Waals surface area contributed by atoms with Crippen molar-refractivity contribution in [1.29, 1.82) is 0 Å². The van der Waals surface area contributed by atoms with Crippen LogP contribution in [-0.2, 0) is 17.6 Å². The molecule has 0 aromatic carbocycles. The third kappa shape index (κ3) is 3.25. The summed E-state index contributed by atoms with van der Waals surface area (Å²) in [5, 5.41) is 2.00. The first-order valence-corrected chi connectivity index (χ1v) is 6.55. The normalized spacial score (nSPS) is 10.3. The van der Waals surface area contributed by atoms with Gasteiger partial charge in [0.1, 0.15) is 5.78 Å². The number of rotatable bonds is 4. The Morgan fingerprint density at radius 1 is 1.31 bits per heavy atom. The van der Waals surface area contributed by atoms with Crippen LogP contribution in [0.15, 0.2) is 40.4 Å². The van der Waals surface area contributed by atoms with Crippen molar-refractivity contribution >= 4 is 33.0 Å². The number of hydrogen-bond acceptors (Lipinski definition) is 3. The van der Waals surface area contributed by atoms with Crippen molar-refractivity contribution in [2.24, 2.45) is 0 Å². The molecular weight excluding hydrogens is 286 g/mol. The van der Waals surface area contributed by atoms with E-state index in [0.29, 0.717) is 12.8 Å². The zero-order valence-electron chi connectivity index (χ0n) is 8.52. The predicted molar refractivity (Wildman–Crippen MR) is 68.7 cm³/mol. The molecule has 0 spiro atoms. The number of hydrogen-bond donors (Lipinski definition) is 0. The van der Waals surface area contributed by atoms with Gasteiger partial charge in [0.2, 0.25) is 0 Å². The maximum atomic E-state index is 11.8. The van der Waals surface area contributed by atoms with Gasteiger partial charge in [0, 0.05) is 40.0 Å². The monoisotopic (exact) mass is 295 g/mol. The molecule has 2 aromatic heterocycles. The van der Waals surface area contributed by atoms with Crippen LogP contribution in [0.25, 0.3) is 0 Å². The molecular formula is C12H10BrNOS. The summed E-state index contributed by atoms with van der Waals surface area (Å²) in [7, 11) is 0. The van der Waals surface area contributed by atoms with Crippen molar-refractivity contribution in [2.45, 2.75) is 12.8 Å². The first-order valence-electron chi connectivity index (χ1n) is 4.87. The standard InChI is InChI=1S/C12H10BrNOS/c13-10-6-12(16-8-10)7-11(15)5-9-1-3-14-4-2-9/h1-4,6,8H,5,7H2. The van der Waals surface area contributed by atoms with E-state index in [1.54, 1.807) is 23.7 Å². The van der Waals surface area contributed by atoms with E-state index in [1.165, 1.54) is 0 Å². The topological polar surface area (TPSA) is 30.0 Å². The third-order valence-corrected chi connectivity index (χ3v) is 3.84. The molecule has 2 aromatic rings. The maximum absolute atomic E-state index is 11.8. The van der Waals surface area contributed by atoms with E-state index in [1.807, 2.05) is 23.6 Å². The molecule has 0 saturated carbocycles. The van der Waals surface area contributed by atoms with E-state index in [9.17, 15) is 4.79 Å². The molecule has 2 rings (SSSR count). The number of carbonyl (C=O) groups excluding carboxylic acids is 1. The highest BCUT2D eigenvalue weighted by atomic mass is 79.9. The maximum Gasteiger partial charge on any atom is 0.142 e. The van der Waals surface area contributed by atoms with Gasteiger partial charge in [-0.3, -0.25) is 9.78 Å². The Bertz CT molecular complexity index is 481. The van der Waals surface area contributed by atoms with E-state index in [-0.39, 0.29) is 5.78 Å². The summed E-state index contributed by atoms with van der Waals surface area (Å²) in [6.07, 6.45) is 4.42. The fourth-order valence-corrected chi connectivity index (χ4v) is 2.91. The van der Waals surface area contributed by atoms with Gasteiger partial charge in [-0.1, -0.05) is 0 Å². The average Bonchev–Trinajstić information content (AvgIpc) is 2.65. The van der Waals surface area contributed by atoms with Gasteiger partial charge in [0.25, 0.3) is 0 Å². The third-order valence-electron chi connectivity index (χ3n) is 2.14. The zero-order valence-corrected chi connectivity index (χ0v) is 10.9. The van der Waals surface area contributed by atoms with Gasteiger partial charge < -0.3 is 0 Å². The molecule has 0 N–H and O–H groups in total. The number of halogens is 1. The summed E-state index contributed by atoms with van der Waals surface area (Å²) in [6, 6.07) is 5.75. The minimum Gasteiger partial charge on any atom is -0.299 e. The molecule has 0 bridgehead atoms. The molecule has 2 nitrogen and oxygen atoms in total. The van der Waals surface area contributed by atoms with Gasteiger partial charge in [-0.05, 0) is 39.7 Å². The molecule has 16 heavy (non-hydrogen) atoms. The van der Waals surface area contributed by atoms with Gasteiger partial charge >= 0.3 is 0 Å². The second-order valence-corrected chi connectivity index (χ2v) is 5.39. The van der Waals surface area contributed by atoms with E-state index in [0.717, 1.165) is 14.9 Å². The van der Waals surface area contributed by atoms with Crippen LogP contribution in [-0.4, -0.2) is 10.8 Å². The first-order chi connectivity index (χ1) is 7.74. The second kappa shape index (κ2) is 5.37. The molecule has 0 amide bonds. The smallest absolute Gasteiger partial charge is 0.142 e. The lowest BCUT2D eigenvalue weighted by Crippen LogP contribution is -2.05. The highest BCUT2D eigenvalue weighted by molar-refractivity contribution is 9.10. The molecule has 0 aliphatic carbocycles. The molecule has 2 heterocycles. The fourth-order valence-electron chi connectivity index (χ4n) is 1.43. The second-order valence-electron chi connectivity index (χ2n) is 3.48. The summed E-state index contributed by atoms with van der Waals surface area (Å²) in [5.41, 5.74) is 1.02.